The number of fused-ring (bicyclic) bond motifs is 1. The van der Waals surface area contributed by atoms with Gasteiger partial charge in [0, 0.05) is 23.0 Å². The Bertz CT molecular complexity index is 1970. The van der Waals surface area contributed by atoms with Crippen molar-refractivity contribution in [3.8, 4) is 23.0 Å². The van der Waals surface area contributed by atoms with Gasteiger partial charge in [0.1, 0.15) is 29.5 Å². The maximum atomic E-state index is 13.9. The van der Waals surface area contributed by atoms with Crippen molar-refractivity contribution in [2.45, 2.75) is 75.2 Å². The number of nitrogens with one attached hydrogen (secondary N) is 2. The highest BCUT2D eigenvalue weighted by Crippen LogP contribution is 2.47. The molecule has 3 fully saturated rings. The Balaban J connectivity index is 1.21. The van der Waals surface area contributed by atoms with Crippen molar-refractivity contribution in [2.75, 3.05) is 27.7 Å². The SMILES string of the molecule is COc1ccc2c(O[C@H]3C[C@@H](C=O)[C@H](C(=O)N[C@]4(C(=O)NS(=O)(=O)C5CC5)C[C@H]4/C=C\CCCCN(C)C)C3)nc(-c3ccc(F)cc3)nc2c1C. The molecule has 3 aliphatic carbocycles. The number of aromatic nitrogens is 2. The molecule has 5 atom stereocenters. The van der Waals surface area contributed by atoms with Crippen molar-refractivity contribution in [3.05, 3.63) is 59.9 Å². The molecule has 3 saturated carbocycles. The number of benzene rings is 2. The Labute approximate surface area is 303 Å². The van der Waals surface area contributed by atoms with Crippen LogP contribution >= 0.6 is 0 Å². The Morgan fingerprint density at radius 2 is 1.83 bits per heavy atom. The predicted molar refractivity (Wildman–Crippen MR) is 194 cm³/mol. The number of methoxy groups -OCH3 is 1. The lowest BCUT2D eigenvalue weighted by atomic mass is 9.96. The molecule has 2 N–H and O–H groups in total. The summed E-state index contributed by atoms with van der Waals surface area (Å²) in [4.78, 5) is 51.4. The summed E-state index contributed by atoms with van der Waals surface area (Å²) in [5, 5.41) is 2.88. The molecule has 0 aliphatic heterocycles. The van der Waals surface area contributed by atoms with Gasteiger partial charge in [-0.15, -0.1) is 0 Å². The van der Waals surface area contributed by atoms with Gasteiger partial charge in [-0.1, -0.05) is 12.2 Å². The number of unbranched alkanes of at least 4 members (excludes halogenated alkanes) is 2. The van der Waals surface area contributed by atoms with E-state index in [4.69, 9.17) is 14.5 Å². The third-order valence-corrected chi connectivity index (χ3v) is 12.1. The van der Waals surface area contributed by atoms with Gasteiger partial charge in [0.15, 0.2) is 5.82 Å². The van der Waals surface area contributed by atoms with Crippen molar-refractivity contribution in [1.82, 2.24) is 24.9 Å². The van der Waals surface area contributed by atoms with Gasteiger partial charge < -0.3 is 24.5 Å². The summed E-state index contributed by atoms with van der Waals surface area (Å²) < 4.78 is 53.4. The maximum absolute atomic E-state index is 13.9. The van der Waals surface area contributed by atoms with Crippen LogP contribution in [0.4, 0.5) is 4.39 Å². The smallest absolute Gasteiger partial charge is 0.259 e. The molecule has 12 nitrogen and oxygen atoms in total. The van der Waals surface area contributed by atoms with Crippen molar-refractivity contribution in [3.63, 3.8) is 0 Å². The lowest BCUT2D eigenvalue weighted by Gasteiger charge is -2.22. The molecule has 2 amide bonds. The number of hydrogen-bond acceptors (Lipinski definition) is 10. The zero-order valence-electron chi connectivity index (χ0n) is 29.9. The second kappa shape index (κ2) is 15.3. The Morgan fingerprint density at radius 1 is 1.08 bits per heavy atom. The van der Waals surface area contributed by atoms with Crippen LogP contribution in [0.25, 0.3) is 22.3 Å². The van der Waals surface area contributed by atoms with Crippen LogP contribution in [0.1, 0.15) is 56.9 Å². The van der Waals surface area contributed by atoms with Crippen LogP contribution in [-0.4, -0.2) is 86.0 Å². The van der Waals surface area contributed by atoms with E-state index in [0.29, 0.717) is 40.9 Å². The Morgan fingerprint density at radius 3 is 2.50 bits per heavy atom. The van der Waals surface area contributed by atoms with Crippen LogP contribution < -0.4 is 19.5 Å². The van der Waals surface area contributed by atoms with Crippen molar-refractivity contribution in [2.24, 2.45) is 17.8 Å². The van der Waals surface area contributed by atoms with E-state index in [9.17, 15) is 27.2 Å². The molecule has 14 heteroatoms. The molecule has 1 aromatic heterocycles. The normalized spacial score (nSPS) is 24.3. The van der Waals surface area contributed by atoms with Gasteiger partial charge >= 0.3 is 0 Å². The highest BCUT2D eigenvalue weighted by Gasteiger charge is 2.62. The van der Waals surface area contributed by atoms with E-state index in [-0.39, 0.29) is 31.1 Å². The van der Waals surface area contributed by atoms with Gasteiger partial charge in [0.25, 0.3) is 5.91 Å². The number of sulfonamides is 1. The molecular formula is C38H46FN5O7S. The number of hydrogen-bond donors (Lipinski definition) is 2. The molecule has 3 aliphatic rings. The molecule has 0 saturated heterocycles. The molecular weight excluding hydrogens is 690 g/mol. The monoisotopic (exact) mass is 735 g/mol. The summed E-state index contributed by atoms with van der Waals surface area (Å²) in [6.07, 6.45) is 8.36. The van der Waals surface area contributed by atoms with E-state index >= 15 is 0 Å². The minimum absolute atomic E-state index is 0.159. The third-order valence-electron chi connectivity index (χ3n) is 10.3. The number of allylic oxidation sites excluding steroid dienone is 1. The average molecular weight is 736 g/mol. The fraction of sp³-hybridized carbons (Fsp3) is 0.500. The van der Waals surface area contributed by atoms with Crippen LogP contribution in [0.15, 0.2) is 48.6 Å². The number of carbonyl (C=O) groups is 3. The first-order valence-electron chi connectivity index (χ1n) is 17.8. The molecule has 0 bridgehead atoms. The predicted octanol–water partition coefficient (Wildman–Crippen LogP) is 4.50. The summed E-state index contributed by atoms with van der Waals surface area (Å²) in [5.74, 6) is -2.43. The van der Waals surface area contributed by atoms with Crippen molar-refractivity contribution >= 4 is 39.0 Å². The topological polar surface area (TPSA) is 157 Å². The fourth-order valence-electron chi connectivity index (χ4n) is 6.98. The third kappa shape index (κ3) is 8.12. The van der Waals surface area contributed by atoms with E-state index in [1.54, 1.807) is 31.4 Å². The number of halogens is 1. The Kier molecular flexibility index (Phi) is 11.0. The Hall–Kier alpha value is -4.43. The molecule has 0 unspecified atom stereocenters. The maximum Gasteiger partial charge on any atom is 0.259 e. The second-order valence-electron chi connectivity index (χ2n) is 14.4. The van der Waals surface area contributed by atoms with Crippen LogP contribution in [0, 0.1) is 30.5 Å². The molecule has 0 radical (unpaired) electrons. The zero-order valence-corrected chi connectivity index (χ0v) is 30.7. The molecule has 0 spiro atoms. The lowest BCUT2D eigenvalue weighted by molar-refractivity contribution is -0.133. The average Bonchev–Trinajstić information content (AvgIpc) is 4.04. The van der Waals surface area contributed by atoms with E-state index in [2.05, 4.69) is 19.9 Å². The zero-order chi connectivity index (χ0) is 37.2. The van der Waals surface area contributed by atoms with E-state index < -0.39 is 56.4 Å². The first kappa shape index (κ1) is 37.3. The lowest BCUT2D eigenvalue weighted by Crippen LogP contribution is -2.54. The standard InChI is InChI=1S/C38H46FN5O7S/c1-23-32(50-4)17-16-30-33(23)40-34(24-10-12-27(39)13-11-24)41-36(30)51-28-19-25(22-45)31(20-28)35(46)42-38(37(47)43-52(48,49)29-14-15-29)21-26(38)9-7-5-6-8-18-44(2)3/h7,9-13,16-17,22,25-26,28-29,31H,5-6,8,14-15,18-21H2,1-4H3,(H,42,46)(H,43,47)/b9-7-/t25-,26+,28-,31+,38+/m0/s1. The number of aryl methyl sites for hydroxylation is 1. The quantitative estimate of drug-likeness (QED) is 0.122. The number of ether oxygens (including phenoxy) is 2. The van der Waals surface area contributed by atoms with Crippen LogP contribution in [-0.2, 0) is 24.4 Å². The van der Waals surface area contributed by atoms with Gasteiger partial charge in [0.05, 0.1) is 29.2 Å². The first-order valence-corrected chi connectivity index (χ1v) is 19.3. The van der Waals surface area contributed by atoms with Gasteiger partial charge in [-0.3, -0.25) is 14.3 Å². The first-order chi connectivity index (χ1) is 24.8. The van der Waals surface area contributed by atoms with Crippen LogP contribution in [0.2, 0.25) is 0 Å². The summed E-state index contributed by atoms with van der Waals surface area (Å²) in [5.41, 5.74) is 0.454. The fourth-order valence-corrected chi connectivity index (χ4v) is 8.34. The largest absolute Gasteiger partial charge is 0.496 e. The van der Waals surface area contributed by atoms with Crippen molar-refractivity contribution in [1.29, 1.82) is 0 Å². The number of carbonyl (C=O) groups excluding carboxylic acids is 3. The number of aldehydes is 1. The minimum Gasteiger partial charge on any atom is -0.496 e. The molecule has 52 heavy (non-hydrogen) atoms. The summed E-state index contributed by atoms with van der Waals surface area (Å²) in [7, 11) is 1.74. The second-order valence-corrected chi connectivity index (χ2v) is 16.4. The highest BCUT2D eigenvalue weighted by molar-refractivity contribution is 7.91. The van der Waals surface area contributed by atoms with Gasteiger partial charge in [0.2, 0.25) is 21.8 Å². The molecule has 6 rings (SSSR count). The number of amides is 2. The number of rotatable bonds is 16. The summed E-state index contributed by atoms with van der Waals surface area (Å²) in [6, 6.07) is 9.34. The van der Waals surface area contributed by atoms with Gasteiger partial charge in [-0.25, -0.2) is 17.8 Å². The summed E-state index contributed by atoms with van der Waals surface area (Å²) in [6.45, 7) is 2.82. The molecule has 1 heterocycles. The highest BCUT2D eigenvalue weighted by atomic mass is 32.2. The van der Waals surface area contributed by atoms with Gasteiger partial charge in [-0.05, 0) is 115 Å². The van der Waals surface area contributed by atoms with Crippen LogP contribution in [0.5, 0.6) is 11.6 Å². The minimum atomic E-state index is -3.85. The summed E-state index contributed by atoms with van der Waals surface area (Å²) >= 11 is 0. The van der Waals surface area contributed by atoms with E-state index in [1.165, 1.54) is 12.1 Å². The van der Waals surface area contributed by atoms with Gasteiger partial charge in [-0.2, -0.15) is 4.98 Å². The molecule has 278 valence electrons. The molecule has 2 aromatic carbocycles. The molecule has 3 aromatic rings. The van der Waals surface area contributed by atoms with Crippen LogP contribution in [0.3, 0.4) is 0 Å². The van der Waals surface area contributed by atoms with Crippen molar-refractivity contribution < 1.29 is 36.7 Å². The van der Waals surface area contributed by atoms with E-state index in [0.717, 1.165) is 37.7 Å². The van der Waals surface area contributed by atoms with E-state index in [1.807, 2.05) is 33.2 Å². The number of nitrogens with zero attached hydrogens (tertiary/aromatic N) is 3.